The van der Waals surface area contributed by atoms with E-state index in [9.17, 15) is 9.59 Å². The first-order chi connectivity index (χ1) is 14.9. The molecule has 1 aliphatic carbocycles. The molecule has 2 amide bonds. The van der Waals surface area contributed by atoms with E-state index in [1.807, 2.05) is 44.2 Å². The van der Waals surface area contributed by atoms with Gasteiger partial charge < -0.3 is 10.2 Å². The van der Waals surface area contributed by atoms with Gasteiger partial charge >= 0.3 is 0 Å². The second-order valence-corrected chi connectivity index (χ2v) is 9.68. The zero-order valence-corrected chi connectivity index (χ0v) is 19.7. The highest BCUT2D eigenvalue weighted by Crippen LogP contribution is 2.21. The van der Waals surface area contributed by atoms with Crippen LogP contribution in [0.3, 0.4) is 0 Å². The van der Waals surface area contributed by atoms with Crippen LogP contribution in [0, 0.1) is 13.8 Å². The van der Waals surface area contributed by atoms with Crippen LogP contribution in [0.2, 0.25) is 0 Å². The topological polar surface area (TPSA) is 49.4 Å². The molecular formula is C26H34N2O2S. The van der Waals surface area contributed by atoms with Gasteiger partial charge in [0.15, 0.2) is 0 Å². The summed E-state index contributed by atoms with van der Waals surface area (Å²) in [7, 11) is 0. The minimum atomic E-state index is -0.506. The molecule has 166 valence electrons. The zero-order valence-electron chi connectivity index (χ0n) is 18.9. The molecule has 1 atom stereocenters. The molecule has 0 unspecified atom stereocenters. The number of carbonyl (C=O) groups is 2. The zero-order chi connectivity index (χ0) is 22.2. The Morgan fingerprint density at radius 3 is 2.42 bits per heavy atom. The summed E-state index contributed by atoms with van der Waals surface area (Å²) in [6, 6.07) is 16.1. The fourth-order valence-electron chi connectivity index (χ4n) is 4.02. The number of hydrogen-bond acceptors (Lipinski definition) is 3. The Labute approximate surface area is 190 Å². The molecule has 1 aliphatic rings. The lowest BCUT2D eigenvalue weighted by atomic mass is 9.95. The Morgan fingerprint density at radius 1 is 1.03 bits per heavy atom. The Bertz CT molecular complexity index is 875. The number of benzene rings is 2. The summed E-state index contributed by atoms with van der Waals surface area (Å²) >= 11 is 1.52. The van der Waals surface area contributed by atoms with Crippen LogP contribution in [0.15, 0.2) is 53.4 Å². The van der Waals surface area contributed by atoms with E-state index < -0.39 is 6.04 Å². The highest BCUT2D eigenvalue weighted by Gasteiger charge is 2.28. The molecule has 0 spiro atoms. The number of amides is 2. The standard InChI is InChI=1S/C26H34N2O2S/c1-19-12-14-24(15-13-19)31-18-25(29)28(17-22-9-7-8-20(2)16-22)21(3)26(30)27-23-10-5-4-6-11-23/h7-9,12-16,21,23H,4-6,10-11,17-18H2,1-3H3,(H,27,30)/t21-/m0/s1. The third kappa shape index (κ3) is 7.13. The van der Waals surface area contributed by atoms with Crippen molar-refractivity contribution in [3.63, 3.8) is 0 Å². The van der Waals surface area contributed by atoms with Crippen LogP contribution in [-0.4, -0.2) is 34.6 Å². The van der Waals surface area contributed by atoms with Gasteiger partial charge in [0.1, 0.15) is 6.04 Å². The third-order valence-corrected chi connectivity index (χ3v) is 6.93. The molecule has 31 heavy (non-hydrogen) atoms. The maximum atomic E-state index is 13.2. The smallest absolute Gasteiger partial charge is 0.242 e. The van der Waals surface area contributed by atoms with Crippen LogP contribution in [0.4, 0.5) is 0 Å². The Balaban J connectivity index is 1.70. The molecule has 2 aromatic rings. The quantitative estimate of drug-likeness (QED) is 0.572. The van der Waals surface area contributed by atoms with E-state index in [1.54, 1.807) is 4.90 Å². The van der Waals surface area contributed by atoms with E-state index in [1.165, 1.54) is 36.6 Å². The second-order valence-electron chi connectivity index (χ2n) is 8.63. The summed E-state index contributed by atoms with van der Waals surface area (Å²) in [5.74, 6) is 0.252. The number of rotatable bonds is 8. The van der Waals surface area contributed by atoms with Crippen molar-refractivity contribution < 1.29 is 9.59 Å². The lowest BCUT2D eigenvalue weighted by molar-refractivity contribution is -0.139. The third-order valence-electron chi connectivity index (χ3n) is 5.94. The summed E-state index contributed by atoms with van der Waals surface area (Å²) < 4.78 is 0. The van der Waals surface area contributed by atoms with Gasteiger partial charge in [-0.3, -0.25) is 9.59 Å². The van der Waals surface area contributed by atoms with Gasteiger partial charge in [-0.15, -0.1) is 11.8 Å². The average molecular weight is 439 g/mol. The molecule has 1 fully saturated rings. The molecule has 0 aliphatic heterocycles. The summed E-state index contributed by atoms with van der Waals surface area (Å²) in [4.78, 5) is 29.0. The van der Waals surface area contributed by atoms with E-state index >= 15 is 0 Å². The largest absolute Gasteiger partial charge is 0.352 e. The fraction of sp³-hybridized carbons (Fsp3) is 0.462. The molecule has 1 N–H and O–H groups in total. The maximum absolute atomic E-state index is 13.2. The SMILES string of the molecule is Cc1ccc(SCC(=O)N(Cc2cccc(C)c2)[C@@H](C)C(=O)NC2CCCCC2)cc1. The van der Waals surface area contributed by atoms with E-state index in [2.05, 4.69) is 30.4 Å². The van der Waals surface area contributed by atoms with Gasteiger partial charge in [-0.2, -0.15) is 0 Å². The highest BCUT2D eigenvalue weighted by atomic mass is 32.2. The van der Waals surface area contributed by atoms with Crippen molar-refractivity contribution in [1.82, 2.24) is 10.2 Å². The van der Waals surface area contributed by atoms with Crippen LogP contribution >= 0.6 is 11.8 Å². The first kappa shape index (κ1) is 23.4. The monoisotopic (exact) mass is 438 g/mol. The van der Waals surface area contributed by atoms with Crippen LogP contribution < -0.4 is 5.32 Å². The molecule has 3 rings (SSSR count). The summed E-state index contributed by atoms with van der Waals surface area (Å²) in [5, 5.41) is 3.19. The van der Waals surface area contributed by atoms with Gasteiger partial charge in [0.25, 0.3) is 0 Å². The molecule has 0 aromatic heterocycles. The molecule has 2 aromatic carbocycles. The minimum Gasteiger partial charge on any atom is -0.352 e. The van der Waals surface area contributed by atoms with Crippen molar-refractivity contribution in [3.05, 3.63) is 65.2 Å². The molecule has 0 saturated heterocycles. The van der Waals surface area contributed by atoms with E-state index in [0.29, 0.717) is 12.3 Å². The molecular weight excluding hydrogens is 404 g/mol. The van der Waals surface area contributed by atoms with Gasteiger partial charge in [-0.05, 0) is 51.3 Å². The van der Waals surface area contributed by atoms with Crippen LogP contribution in [0.25, 0.3) is 0 Å². The molecule has 1 saturated carbocycles. The summed E-state index contributed by atoms with van der Waals surface area (Å²) in [6.07, 6.45) is 5.65. The van der Waals surface area contributed by atoms with Gasteiger partial charge in [0.05, 0.1) is 5.75 Å². The average Bonchev–Trinajstić information content (AvgIpc) is 2.77. The van der Waals surface area contributed by atoms with Gasteiger partial charge in [0, 0.05) is 17.5 Å². The summed E-state index contributed by atoms with van der Waals surface area (Å²) in [6.45, 7) is 6.38. The van der Waals surface area contributed by atoms with Crippen LogP contribution in [0.5, 0.6) is 0 Å². The molecule has 0 bridgehead atoms. The minimum absolute atomic E-state index is 0.0154. The normalized spacial score (nSPS) is 15.3. The number of hydrogen-bond donors (Lipinski definition) is 1. The van der Waals surface area contributed by atoms with Crippen LogP contribution in [0.1, 0.15) is 55.7 Å². The molecule has 4 nitrogen and oxygen atoms in total. The second kappa shape index (κ2) is 11.4. The number of nitrogens with zero attached hydrogens (tertiary/aromatic N) is 1. The number of thioether (sulfide) groups is 1. The highest BCUT2D eigenvalue weighted by molar-refractivity contribution is 8.00. The van der Waals surface area contributed by atoms with Crippen LogP contribution in [-0.2, 0) is 16.1 Å². The van der Waals surface area contributed by atoms with Crippen molar-refractivity contribution >= 4 is 23.6 Å². The lowest BCUT2D eigenvalue weighted by Gasteiger charge is -2.31. The van der Waals surface area contributed by atoms with E-state index in [4.69, 9.17) is 0 Å². The lowest BCUT2D eigenvalue weighted by Crippen LogP contribution is -2.50. The van der Waals surface area contributed by atoms with Gasteiger partial charge in [-0.1, -0.05) is 66.8 Å². The van der Waals surface area contributed by atoms with Crippen molar-refractivity contribution in [2.24, 2.45) is 0 Å². The van der Waals surface area contributed by atoms with Crippen molar-refractivity contribution in [2.45, 2.75) is 76.4 Å². The van der Waals surface area contributed by atoms with Gasteiger partial charge in [0.2, 0.25) is 11.8 Å². The van der Waals surface area contributed by atoms with E-state index in [0.717, 1.165) is 28.9 Å². The van der Waals surface area contributed by atoms with Gasteiger partial charge in [-0.25, -0.2) is 0 Å². The maximum Gasteiger partial charge on any atom is 0.242 e. The predicted molar refractivity (Wildman–Crippen MR) is 128 cm³/mol. The number of aryl methyl sites for hydroxylation is 2. The first-order valence-corrected chi connectivity index (χ1v) is 12.3. The van der Waals surface area contributed by atoms with Crippen molar-refractivity contribution in [1.29, 1.82) is 0 Å². The molecule has 0 heterocycles. The number of carbonyl (C=O) groups excluding carboxylic acids is 2. The van der Waals surface area contributed by atoms with E-state index in [-0.39, 0.29) is 17.9 Å². The number of nitrogens with one attached hydrogen (secondary N) is 1. The van der Waals surface area contributed by atoms with Crippen molar-refractivity contribution in [3.8, 4) is 0 Å². The molecule has 5 heteroatoms. The molecule has 0 radical (unpaired) electrons. The Kier molecular flexibility index (Phi) is 8.59. The summed E-state index contributed by atoms with van der Waals surface area (Å²) in [5.41, 5.74) is 3.40. The predicted octanol–water partition coefficient (Wildman–Crippen LogP) is 5.26. The Hall–Kier alpha value is -2.27. The van der Waals surface area contributed by atoms with Crippen molar-refractivity contribution in [2.75, 3.05) is 5.75 Å². The Morgan fingerprint density at radius 2 is 1.74 bits per heavy atom. The first-order valence-electron chi connectivity index (χ1n) is 11.3. The fourth-order valence-corrected chi connectivity index (χ4v) is 4.81.